The van der Waals surface area contributed by atoms with E-state index in [4.69, 9.17) is 5.10 Å². The first-order chi connectivity index (χ1) is 10.6. The van der Waals surface area contributed by atoms with E-state index in [9.17, 15) is 4.79 Å². The van der Waals surface area contributed by atoms with Crippen LogP contribution in [0.2, 0.25) is 0 Å². The summed E-state index contributed by atoms with van der Waals surface area (Å²) in [4.78, 5) is 13.9. The number of hydrogen-bond acceptors (Lipinski definition) is 2. The molecule has 0 saturated heterocycles. The van der Waals surface area contributed by atoms with Gasteiger partial charge < -0.3 is 4.90 Å². The summed E-state index contributed by atoms with van der Waals surface area (Å²) >= 11 is 0. The number of urea groups is 1. The molecule has 3 rings (SSSR count). The molecule has 2 aromatic rings. The fourth-order valence-corrected chi connectivity index (χ4v) is 2.50. The highest BCUT2D eigenvalue weighted by atomic mass is 16.2. The first kappa shape index (κ1) is 14.6. The maximum Gasteiger partial charge on any atom is 0.322 e. The third-order valence-electron chi connectivity index (χ3n) is 4.17. The SMILES string of the molecule is CCN(C)C(=O)Nc1c(C)c(C2CC2)nn1-c1ccccc1. The minimum Gasteiger partial charge on any atom is -0.328 e. The number of para-hydroxylation sites is 1. The fraction of sp³-hybridized carbons (Fsp3) is 0.412. The van der Waals surface area contributed by atoms with Crippen LogP contribution in [0.4, 0.5) is 10.6 Å². The van der Waals surface area contributed by atoms with E-state index in [2.05, 4.69) is 5.32 Å². The first-order valence-electron chi connectivity index (χ1n) is 7.78. The van der Waals surface area contributed by atoms with Crippen molar-refractivity contribution in [1.82, 2.24) is 14.7 Å². The topological polar surface area (TPSA) is 50.2 Å². The Balaban J connectivity index is 2.01. The van der Waals surface area contributed by atoms with Crippen molar-refractivity contribution >= 4 is 11.8 Å². The van der Waals surface area contributed by atoms with E-state index in [0.717, 1.165) is 22.8 Å². The minimum absolute atomic E-state index is 0.106. The van der Waals surface area contributed by atoms with Gasteiger partial charge in [-0.3, -0.25) is 5.32 Å². The van der Waals surface area contributed by atoms with Crippen LogP contribution in [-0.2, 0) is 0 Å². The van der Waals surface area contributed by atoms with Gasteiger partial charge in [0.15, 0.2) is 0 Å². The number of rotatable bonds is 4. The van der Waals surface area contributed by atoms with Gasteiger partial charge in [0.05, 0.1) is 11.4 Å². The van der Waals surface area contributed by atoms with Crippen molar-refractivity contribution in [2.24, 2.45) is 0 Å². The lowest BCUT2D eigenvalue weighted by Gasteiger charge is -2.17. The number of benzene rings is 1. The number of carbonyl (C=O) groups is 1. The molecule has 1 aliphatic rings. The quantitative estimate of drug-likeness (QED) is 0.938. The standard InChI is InChI=1S/C17H22N4O/c1-4-20(3)17(22)18-16-12(2)15(13-10-11-13)19-21(16)14-8-6-5-7-9-14/h5-9,13H,4,10-11H2,1-3H3,(H,18,22). The Bertz CT molecular complexity index is 673. The van der Waals surface area contributed by atoms with Crippen LogP contribution >= 0.6 is 0 Å². The van der Waals surface area contributed by atoms with Gasteiger partial charge in [-0.1, -0.05) is 18.2 Å². The number of nitrogens with zero attached hydrogens (tertiary/aromatic N) is 3. The van der Waals surface area contributed by atoms with Crippen LogP contribution in [0.5, 0.6) is 0 Å². The number of hydrogen-bond donors (Lipinski definition) is 1. The van der Waals surface area contributed by atoms with Crippen LogP contribution in [0, 0.1) is 6.92 Å². The van der Waals surface area contributed by atoms with Crippen molar-refractivity contribution in [3.05, 3.63) is 41.6 Å². The summed E-state index contributed by atoms with van der Waals surface area (Å²) in [7, 11) is 1.79. The molecule has 5 nitrogen and oxygen atoms in total. The largest absolute Gasteiger partial charge is 0.328 e. The first-order valence-corrected chi connectivity index (χ1v) is 7.78. The van der Waals surface area contributed by atoms with Gasteiger partial charge in [0.25, 0.3) is 0 Å². The summed E-state index contributed by atoms with van der Waals surface area (Å²) in [5, 5.41) is 7.78. The molecule has 1 N–H and O–H groups in total. The second-order valence-corrected chi connectivity index (χ2v) is 5.82. The van der Waals surface area contributed by atoms with Gasteiger partial charge >= 0.3 is 6.03 Å². The maximum atomic E-state index is 12.2. The van der Waals surface area contributed by atoms with Crippen LogP contribution < -0.4 is 5.32 Å². The van der Waals surface area contributed by atoms with Gasteiger partial charge in [-0.2, -0.15) is 5.10 Å². The Labute approximate surface area is 130 Å². The van der Waals surface area contributed by atoms with Crippen molar-refractivity contribution in [3.63, 3.8) is 0 Å². The number of aromatic nitrogens is 2. The molecule has 1 heterocycles. The molecule has 0 spiro atoms. The summed E-state index contributed by atoms with van der Waals surface area (Å²) in [6.07, 6.45) is 2.38. The Morgan fingerprint density at radius 2 is 2.05 bits per heavy atom. The molecule has 1 aromatic heterocycles. The van der Waals surface area contributed by atoms with E-state index in [1.54, 1.807) is 11.9 Å². The summed E-state index contributed by atoms with van der Waals surface area (Å²) in [6, 6.07) is 9.83. The zero-order valence-corrected chi connectivity index (χ0v) is 13.3. The minimum atomic E-state index is -0.106. The predicted molar refractivity (Wildman–Crippen MR) is 87.6 cm³/mol. The van der Waals surface area contributed by atoms with E-state index in [0.29, 0.717) is 12.5 Å². The van der Waals surface area contributed by atoms with Crippen molar-refractivity contribution < 1.29 is 4.79 Å². The second-order valence-electron chi connectivity index (χ2n) is 5.82. The average Bonchev–Trinajstić information content (AvgIpc) is 3.33. The van der Waals surface area contributed by atoms with Gasteiger partial charge in [0, 0.05) is 25.1 Å². The molecular formula is C17H22N4O. The van der Waals surface area contributed by atoms with Gasteiger partial charge in [-0.25, -0.2) is 9.48 Å². The molecule has 1 aromatic carbocycles. The Hall–Kier alpha value is -2.30. The van der Waals surface area contributed by atoms with E-state index in [1.165, 1.54) is 12.8 Å². The third-order valence-corrected chi connectivity index (χ3v) is 4.17. The Morgan fingerprint density at radius 1 is 1.36 bits per heavy atom. The highest BCUT2D eigenvalue weighted by molar-refractivity contribution is 5.89. The molecule has 0 atom stereocenters. The second kappa shape index (κ2) is 5.83. The average molecular weight is 298 g/mol. The van der Waals surface area contributed by atoms with Crippen molar-refractivity contribution in [1.29, 1.82) is 0 Å². The molecule has 22 heavy (non-hydrogen) atoms. The lowest BCUT2D eigenvalue weighted by Crippen LogP contribution is -2.32. The predicted octanol–water partition coefficient (Wildman–Crippen LogP) is 3.54. The van der Waals surface area contributed by atoms with E-state index < -0.39 is 0 Å². The van der Waals surface area contributed by atoms with Gasteiger partial charge in [-0.15, -0.1) is 0 Å². The Kier molecular flexibility index (Phi) is 3.88. The van der Waals surface area contributed by atoms with E-state index >= 15 is 0 Å². The Morgan fingerprint density at radius 3 is 2.64 bits per heavy atom. The monoisotopic (exact) mass is 298 g/mol. The summed E-state index contributed by atoms with van der Waals surface area (Å²) in [5.74, 6) is 1.32. The van der Waals surface area contributed by atoms with Gasteiger partial charge in [-0.05, 0) is 38.8 Å². The van der Waals surface area contributed by atoms with Crippen LogP contribution in [0.15, 0.2) is 30.3 Å². The molecule has 116 valence electrons. The van der Waals surface area contributed by atoms with Gasteiger partial charge in [0.1, 0.15) is 5.82 Å². The molecule has 0 unspecified atom stereocenters. The number of amides is 2. The van der Waals surface area contributed by atoms with Crippen molar-refractivity contribution in [2.75, 3.05) is 18.9 Å². The molecule has 0 bridgehead atoms. The molecule has 2 amide bonds. The highest BCUT2D eigenvalue weighted by Crippen LogP contribution is 2.42. The fourth-order valence-electron chi connectivity index (χ4n) is 2.50. The van der Waals surface area contributed by atoms with Crippen LogP contribution in [-0.4, -0.2) is 34.3 Å². The van der Waals surface area contributed by atoms with Gasteiger partial charge in [0.2, 0.25) is 0 Å². The van der Waals surface area contributed by atoms with Crippen LogP contribution in [0.25, 0.3) is 5.69 Å². The number of carbonyl (C=O) groups excluding carboxylic acids is 1. The summed E-state index contributed by atoms with van der Waals surface area (Å²) < 4.78 is 1.85. The zero-order chi connectivity index (χ0) is 15.7. The summed E-state index contributed by atoms with van der Waals surface area (Å²) in [5.41, 5.74) is 3.15. The third kappa shape index (κ3) is 2.71. The van der Waals surface area contributed by atoms with E-state index in [1.807, 2.05) is 48.9 Å². The van der Waals surface area contributed by atoms with Crippen molar-refractivity contribution in [3.8, 4) is 5.69 Å². The molecule has 5 heteroatoms. The molecule has 0 aliphatic heterocycles. The zero-order valence-electron chi connectivity index (χ0n) is 13.3. The molecular weight excluding hydrogens is 276 g/mol. The summed E-state index contributed by atoms with van der Waals surface area (Å²) in [6.45, 7) is 4.66. The maximum absolute atomic E-state index is 12.2. The lowest BCUT2D eigenvalue weighted by atomic mass is 10.2. The molecule has 0 radical (unpaired) electrons. The highest BCUT2D eigenvalue weighted by Gasteiger charge is 2.31. The van der Waals surface area contributed by atoms with Crippen molar-refractivity contribution in [2.45, 2.75) is 32.6 Å². The molecule has 1 fully saturated rings. The van der Waals surface area contributed by atoms with Crippen LogP contribution in [0.3, 0.4) is 0 Å². The van der Waals surface area contributed by atoms with E-state index in [-0.39, 0.29) is 6.03 Å². The van der Waals surface area contributed by atoms with Crippen LogP contribution in [0.1, 0.15) is 36.9 Å². The smallest absolute Gasteiger partial charge is 0.322 e. The lowest BCUT2D eigenvalue weighted by molar-refractivity contribution is 0.224. The molecule has 1 saturated carbocycles. The molecule has 1 aliphatic carbocycles. The normalized spacial score (nSPS) is 14.0. The number of anilines is 1. The number of nitrogens with one attached hydrogen (secondary N) is 1.